The quantitative estimate of drug-likeness (QED) is 0.394. The minimum Gasteiger partial charge on any atom is -0.278 e. The molecule has 0 fully saturated rings. The number of hydrazone groups is 1. The highest BCUT2D eigenvalue weighted by molar-refractivity contribution is 6.30. The summed E-state index contributed by atoms with van der Waals surface area (Å²) >= 11 is 5.96. The summed E-state index contributed by atoms with van der Waals surface area (Å²) in [5.41, 5.74) is 6.17. The van der Waals surface area contributed by atoms with Gasteiger partial charge in [0.2, 0.25) is 0 Å². The van der Waals surface area contributed by atoms with Crippen molar-refractivity contribution < 1.29 is 4.92 Å². The predicted molar refractivity (Wildman–Crippen MR) is 100 cm³/mol. The van der Waals surface area contributed by atoms with Crippen LogP contribution in [-0.2, 0) is 0 Å². The normalized spacial score (nSPS) is 11.2. The van der Waals surface area contributed by atoms with Gasteiger partial charge in [-0.1, -0.05) is 41.9 Å². The number of non-ortho nitro benzene ring substituents is 1. The van der Waals surface area contributed by atoms with Crippen molar-refractivity contribution in [3.05, 3.63) is 105 Å². The maximum atomic E-state index is 10.8. The summed E-state index contributed by atoms with van der Waals surface area (Å²) in [6.07, 6.45) is 0. The molecule has 0 saturated heterocycles. The van der Waals surface area contributed by atoms with E-state index in [1.54, 1.807) is 24.3 Å². The van der Waals surface area contributed by atoms with Crippen LogP contribution in [0.25, 0.3) is 0 Å². The molecule has 5 nitrogen and oxygen atoms in total. The standard InChI is InChI=1S/C19H14ClN3O2/c20-16-10-6-14(7-11-16)19(22-21-17-4-2-1-3-5-17)15-8-12-18(13-9-15)23(24)25/h1-13,21H. The summed E-state index contributed by atoms with van der Waals surface area (Å²) < 4.78 is 0. The SMILES string of the molecule is O=[N+]([O-])c1ccc(C(=NNc2ccccc2)c2ccc(Cl)cc2)cc1. The third-order valence-corrected chi connectivity index (χ3v) is 3.79. The van der Waals surface area contributed by atoms with Crippen molar-refractivity contribution in [3.8, 4) is 0 Å². The van der Waals surface area contributed by atoms with Crippen LogP contribution in [0.2, 0.25) is 5.02 Å². The van der Waals surface area contributed by atoms with Gasteiger partial charge in [-0.3, -0.25) is 15.5 Å². The van der Waals surface area contributed by atoms with Gasteiger partial charge in [0.05, 0.1) is 16.3 Å². The molecule has 0 aliphatic rings. The van der Waals surface area contributed by atoms with Crippen LogP contribution < -0.4 is 5.43 Å². The van der Waals surface area contributed by atoms with Crippen molar-refractivity contribution in [2.24, 2.45) is 5.10 Å². The van der Waals surface area contributed by atoms with Crippen LogP contribution in [0.15, 0.2) is 84.0 Å². The Balaban J connectivity index is 1.99. The fourth-order valence-electron chi connectivity index (χ4n) is 2.28. The largest absolute Gasteiger partial charge is 0.278 e. The highest BCUT2D eigenvalue weighted by Crippen LogP contribution is 2.18. The van der Waals surface area contributed by atoms with Gasteiger partial charge in [0.15, 0.2) is 0 Å². The number of nitro groups is 1. The molecule has 0 aromatic heterocycles. The molecule has 0 bridgehead atoms. The van der Waals surface area contributed by atoms with E-state index in [4.69, 9.17) is 11.6 Å². The van der Waals surface area contributed by atoms with Gasteiger partial charge >= 0.3 is 0 Å². The summed E-state index contributed by atoms with van der Waals surface area (Å²) in [5.74, 6) is 0. The summed E-state index contributed by atoms with van der Waals surface area (Å²) in [7, 11) is 0. The average molecular weight is 352 g/mol. The molecule has 0 unspecified atom stereocenters. The smallest absolute Gasteiger partial charge is 0.269 e. The van der Waals surface area contributed by atoms with E-state index in [2.05, 4.69) is 10.5 Å². The molecule has 0 aliphatic heterocycles. The molecular weight excluding hydrogens is 338 g/mol. The topological polar surface area (TPSA) is 67.5 Å². The fourth-order valence-corrected chi connectivity index (χ4v) is 2.40. The lowest BCUT2D eigenvalue weighted by Crippen LogP contribution is -2.06. The number of nitrogens with zero attached hydrogens (tertiary/aromatic N) is 2. The van der Waals surface area contributed by atoms with Crippen molar-refractivity contribution in [3.63, 3.8) is 0 Å². The molecule has 0 atom stereocenters. The third kappa shape index (κ3) is 4.22. The Morgan fingerprint density at radius 2 is 1.44 bits per heavy atom. The predicted octanol–water partition coefficient (Wildman–Crippen LogP) is 5.11. The maximum Gasteiger partial charge on any atom is 0.269 e. The van der Waals surface area contributed by atoms with Gasteiger partial charge < -0.3 is 0 Å². The van der Waals surface area contributed by atoms with Gasteiger partial charge in [-0.05, 0) is 36.4 Å². The van der Waals surface area contributed by atoms with Crippen LogP contribution in [0, 0.1) is 10.1 Å². The van der Waals surface area contributed by atoms with Gasteiger partial charge in [-0.25, -0.2) is 0 Å². The summed E-state index contributed by atoms with van der Waals surface area (Å²) in [5, 5.41) is 16.0. The fraction of sp³-hybridized carbons (Fsp3) is 0. The zero-order chi connectivity index (χ0) is 17.6. The van der Waals surface area contributed by atoms with Crippen LogP contribution in [0.3, 0.4) is 0 Å². The molecule has 0 aliphatic carbocycles. The number of halogens is 1. The van der Waals surface area contributed by atoms with Gasteiger partial charge in [0.25, 0.3) is 5.69 Å². The zero-order valence-corrected chi connectivity index (χ0v) is 13.9. The second-order valence-corrected chi connectivity index (χ2v) is 5.69. The lowest BCUT2D eigenvalue weighted by atomic mass is 10.0. The number of para-hydroxylation sites is 1. The van der Waals surface area contributed by atoms with Crippen molar-refractivity contribution >= 4 is 28.7 Å². The van der Waals surface area contributed by atoms with Gasteiger partial charge in [0.1, 0.15) is 0 Å². The molecule has 0 saturated carbocycles. The van der Waals surface area contributed by atoms with E-state index >= 15 is 0 Å². The number of benzene rings is 3. The number of anilines is 1. The number of hydrogen-bond acceptors (Lipinski definition) is 4. The highest BCUT2D eigenvalue weighted by atomic mass is 35.5. The molecule has 3 aromatic rings. The Hall–Kier alpha value is -3.18. The van der Waals surface area contributed by atoms with Crippen molar-refractivity contribution in [1.29, 1.82) is 0 Å². The van der Waals surface area contributed by atoms with Crippen LogP contribution >= 0.6 is 11.6 Å². The Bertz CT molecular complexity index is 892. The van der Waals surface area contributed by atoms with E-state index < -0.39 is 4.92 Å². The average Bonchev–Trinajstić information content (AvgIpc) is 2.64. The zero-order valence-electron chi connectivity index (χ0n) is 13.1. The van der Waals surface area contributed by atoms with Gasteiger partial charge in [-0.15, -0.1) is 0 Å². The minimum atomic E-state index is -0.425. The van der Waals surface area contributed by atoms with Gasteiger partial charge in [-0.2, -0.15) is 5.10 Å². The monoisotopic (exact) mass is 351 g/mol. The van der Waals surface area contributed by atoms with Crippen molar-refractivity contribution in [2.75, 3.05) is 5.43 Å². The number of nitro benzene ring substituents is 1. The minimum absolute atomic E-state index is 0.0372. The molecule has 0 spiro atoms. The molecule has 0 radical (unpaired) electrons. The van der Waals surface area contributed by atoms with E-state index in [1.807, 2.05) is 42.5 Å². The van der Waals surface area contributed by atoms with Crippen molar-refractivity contribution in [2.45, 2.75) is 0 Å². The first-order chi connectivity index (χ1) is 12.1. The van der Waals surface area contributed by atoms with E-state index in [9.17, 15) is 10.1 Å². The van der Waals surface area contributed by atoms with Crippen LogP contribution in [-0.4, -0.2) is 10.6 Å². The second kappa shape index (κ2) is 7.59. The maximum absolute atomic E-state index is 10.8. The lowest BCUT2D eigenvalue weighted by molar-refractivity contribution is -0.384. The Kier molecular flexibility index (Phi) is 5.06. The first-order valence-corrected chi connectivity index (χ1v) is 7.91. The van der Waals surface area contributed by atoms with E-state index in [1.165, 1.54) is 12.1 Å². The Labute approximate surface area is 149 Å². The van der Waals surface area contributed by atoms with E-state index in [-0.39, 0.29) is 5.69 Å². The van der Waals surface area contributed by atoms with Crippen LogP contribution in [0.5, 0.6) is 0 Å². The second-order valence-electron chi connectivity index (χ2n) is 5.25. The first kappa shape index (κ1) is 16.7. The summed E-state index contributed by atoms with van der Waals surface area (Å²) in [6, 6.07) is 23.1. The molecular formula is C19H14ClN3O2. The molecule has 0 heterocycles. The van der Waals surface area contributed by atoms with Gasteiger partial charge in [0, 0.05) is 28.3 Å². The summed E-state index contributed by atoms with van der Waals surface area (Å²) in [6.45, 7) is 0. The van der Waals surface area contributed by atoms with E-state index in [0.29, 0.717) is 10.7 Å². The Morgan fingerprint density at radius 3 is 2.00 bits per heavy atom. The van der Waals surface area contributed by atoms with Crippen LogP contribution in [0.1, 0.15) is 11.1 Å². The van der Waals surface area contributed by atoms with E-state index in [0.717, 1.165) is 16.8 Å². The molecule has 6 heteroatoms. The molecule has 124 valence electrons. The highest BCUT2D eigenvalue weighted by Gasteiger charge is 2.10. The first-order valence-electron chi connectivity index (χ1n) is 7.53. The molecule has 0 amide bonds. The molecule has 1 N–H and O–H groups in total. The molecule has 3 aromatic carbocycles. The lowest BCUT2D eigenvalue weighted by Gasteiger charge is -2.09. The number of nitrogens with one attached hydrogen (secondary N) is 1. The third-order valence-electron chi connectivity index (χ3n) is 3.54. The molecule has 3 rings (SSSR count). The van der Waals surface area contributed by atoms with Crippen molar-refractivity contribution in [1.82, 2.24) is 0 Å². The van der Waals surface area contributed by atoms with Crippen LogP contribution in [0.4, 0.5) is 11.4 Å². The Morgan fingerprint density at radius 1 is 0.880 bits per heavy atom. The number of rotatable bonds is 5. The summed E-state index contributed by atoms with van der Waals surface area (Å²) in [4.78, 5) is 10.4. The number of hydrogen-bond donors (Lipinski definition) is 1. The molecule has 25 heavy (non-hydrogen) atoms.